The van der Waals surface area contributed by atoms with Crippen LogP contribution in [0.3, 0.4) is 0 Å². The molecule has 2 nitrogen and oxygen atoms in total. The summed E-state index contributed by atoms with van der Waals surface area (Å²) in [5.74, 6) is 1.73. The molecule has 0 aromatic heterocycles. The zero-order valence-corrected chi connectivity index (χ0v) is 26.1. The van der Waals surface area contributed by atoms with Gasteiger partial charge in [0.05, 0.1) is 22.8 Å². The Morgan fingerprint density at radius 1 is 0.576 bits per heavy atom. The molecule has 0 fully saturated rings. The van der Waals surface area contributed by atoms with E-state index >= 15 is 0 Å². The standard InChI is InChI=1S/C28H40N2.2BrH.Fe/c1-17(2)23-13-11-14-24(18(3)4)27(23)29-21(9)22(10)30-28-25(19(5)6)15-12-16-26(28)20(7)8;;;/h11-20H,1-10H3;2*1H;/q;;;+2/p-2. The average molecular weight is 620 g/mol. The Kier molecular flexibility index (Phi) is 13.4. The number of rotatable bonds is 7. The van der Waals surface area contributed by atoms with Crippen molar-refractivity contribution in [1.82, 2.24) is 0 Å². The number of hydrogen-bond acceptors (Lipinski definition) is 2. The van der Waals surface area contributed by atoms with Crippen molar-refractivity contribution < 1.29 is 11.3 Å². The van der Waals surface area contributed by atoms with Gasteiger partial charge >= 0.3 is 39.6 Å². The summed E-state index contributed by atoms with van der Waals surface area (Å²) in [5, 5.41) is 0. The van der Waals surface area contributed by atoms with Crippen molar-refractivity contribution >= 4 is 51.0 Å². The molecule has 0 atom stereocenters. The number of halogens is 2. The van der Waals surface area contributed by atoms with E-state index in [9.17, 15) is 0 Å². The Hall–Kier alpha value is -0.741. The van der Waals surface area contributed by atoms with E-state index < -0.39 is 0 Å². The van der Waals surface area contributed by atoms with Crippen LogP contribution in [0.5, 0.6) is 0 Å². The Balaban J connectivity index is 0.00000172. The SMILES string of the molecule is CC(=Nc1c(C(C)C)cccc1C(C)C)C(C)=Nc1c(C(C)C)cccc1C(C)C.[Br][Fe][Br]. The van der Waals surface area contributed by atoms with Gasteiger partial charge in [0.2, 0.25) is 0 Å². The second kappa shape index (κ2) is 14.6. The quantitative estimate of drug-likeness (QED) is 0.217. The molecule has 0 heterocycles. The van der Waals surface area contributed by atoms with E-state index in [0.717, 1.165) is 34.1 Å². The molecule has 33 heavy (non-hydrogen) atoms. The second-order valence-corrected chi connectivity index (χ2v) is 15.2. The fraction of sp³-hybridized carbons (Fsp3) is 0.500. The molecule has 0 bridgehead atoms. The first kappa shape index (κ1) is 30.3. The molecule has 5 heteroatoms. The van der Waals surface area contributed by atoms with Crippen LogP contribution in [0, 0.1) is 0 Å². The van der Waals surface area contributed by atoms with Gasteiger partial charge in [0.25, 0.3) is 0 Å². The molecule has 2 aromatic carbocycles. The van der Waals surface area contributed by atoms with Gasteiger partial charge in [0, 0.05) is 0 Å². The summed E-state index contributed by atoms with van der Waals surface area (Å²) >= 11 is 7.00. The van der Waals surface area contributed by atoms with Crippen molar-refractivity contribution in [1.29, 1.82) is 0 Å². The molecule has 2 rings (SSSR count). The average Bonchev–Trinajstić information content (AvgIpc) is 2.73. The van der Waals surface area contributed by atoms with Gasteiger partial charge < -0.3 is 0 Å². The van der Waals surface area contributed by atoms with Crippen molar-refractivity contribution in [2.24, 2.45) is 9.98 Å². The third-order valence-electron chi connectivity index (χ3n) is 5.77. The summed E-state index contributed by atoms with van der Waals surface area (Å²) in [6.45, 7) is 22.1. The summed E-state index contributed by atoms with van der Waals surface area (Å²) in [4.78, 5) is 10.3. The van der Waals surface area contributed by atoms with Gasteiger partial charge in [-0.15, -0.1) is 0 Å². The first-order valence-corrected chi connectivity index (χ1v) is 17.1. The number of benzene rings is 2. The Bertz CT molecular complexity index is 830. The van der Waals surface area contributed by atoms with Crippen LogP contribution in [0.25, 0.3) is 0 Å². The van der Waals surface area contributed by atoms with Crippen molar-refractivity contribution in [3.05, 3.63) is 58.7 Å². The van der Waals surface area contributed by atoms with Crippen LogP contribution in [-0.4, -0.2) is 11.4 Å². The zero-order valence-electron chi connectivity index (χ0n) is 21.8. The van der Waals surface area contributed by atoms with Crippen LogP contribution in [-0.2, 0) is 11.3 Å². The Morgan fingerprint density at radius 3 is 0.970 bits per heavy atom. The first-order chi connectivity index (χ1) is 15.5. The zero-order chi connectivity index (χ0) is 25.3. The van der Waals surface area contributed by atoms with Crippen LogP contribution < -0.4 is 0 Å². The van der Waals surface area contributed by atoms with Crippen LogP contribution in [0.15, 0.2) is 46.4 Å². The molecule has 0 saturated carbocycles. The molecular formula is C28H40Br2FeN2. The van der Waals surface area contributed by atoms with E-state index in [1.54, 1.807) is 0 Å². The summed E-state index contributed by atoms with van der Waals surface area (Å²) in [6.07, 6.45) is 0. The van der Waals surface area contributed by atoms with E-state index in [2.05, 4.69) is 134 Å². The maximum absolute atomic E-state index is 5.13. The molecular weight excluding hydrogens is 580 g/mol. The van der Waals surface area contributed by atoms with Gasteiger partial charge in [0.1, 0.15) is 0 Å². The monoisotopic (exact) mass is 618 g/mol. The number of para-hydroxylation sites is 2. The summed E-state index contributed by atoms with van der Waals surface area (Å²) in [7, 11) is 0. The first-order valence-electron chi connectivity index (χ1n) is 11.7. The minimum atomic E-state index is 0.432. The summed E-state index contributed by atoms with van der Waals surface area (Å²) < 4.78 is 0. The second-order valence-electron chi connectivity index (χ2n) is 9.63. The predicted octanol–water partition coefficient (Wildman–Crippen LogP) is 10.8. The molecule has 0 unspecified atom stereocenters. The van der Waals surface area contributed by atoms with Crippen LogP contribution in [0.2, 0.25) is 0 Å². The van der Waals surface area contributed by atoms with Crippen molar-refractivity contribution in [2.45, 2.75) is 92.9 Å². The number of nitrogens with zero attached hydrogens (tertiary/aromatic N) is 2. The normalized spacial score (nSPS) is 12.7. The van der Waals surface area contributed by atoms with Gasteiger partial charge in [0.15, 0.2) is 0 Å². The van der Waals surface area contributed by atoms with Crippen molar-refractivity contribution in [3.8, 4) is 0 Å². The Morgan fingerprint density at radius 2 is 0.788 bits per heavy atom. The Labute approximate surface area is 222 Å². The molecule has 0 N–H and O–H groups in total. The van der Waals surface area contributed by atoms with Crippen LogP contribution in [0.4, 0.5) is 11.4 Å². The number of aliphatic imine (C=N–C) groups is 2. The number of hydrogen-bond donors (Lipinski definition) is 0. The third kappa shape index (κ3) is 8.76. The molecule has 0 aliphatic heterocycles. The molecule has 0 saturated heterocycles. The van der Waals surface area contributed by atoms with E-state index in [0.29, 0.717) is 23.7 Å². The minimum absolute atomic E-state index is 0.432. The molecule has 0 aliphatic rings. The van der Waals surface area contributed by atoms with Gasteiger partial charge in [-0.2, -0.15) is 0 Å². The van der Waals surface area contributed by atoms with E-state index in [1.165, 1.54) is 22.3 Å². The van der Waals surface area contributed by atoms with Crippen molar-refractivity contribution in [3.63, 3.8) is 0 Å². The molecule has 0 aliphatic carbocycles. The van der Waals surface area contributed by atoms with Gasteiger partial charge in [-0.1, -0.05) is 91.8 Å². The molecule has 0 spiro atoms. The van der Waals surface area contributed by atoms with Gasteiger partial charge in [-0.3, -0.25) is 9.98 Å². The summed E-state index contributed by atoms with van der Waals surface area (Å²) in [6, 6.07) is 13.2. The fourth-order valence-electron chi connectivity index (χ4n) is 3.78. The summed E-state index contributed by atoms with van der Waals surface area (Å²) in [5.41, 5.74) is 9.43. The van der Waals surface area contributed by atoms with Gasteiger partial charge in [-0.25, -0.2) is 0 Å². The fourth-order valence-corrected chi connectivity index (χ4v) is 3.78. The van der Waals surface area contributed by atoms with E-state index in [-0.39, 0.29) is 0 Å². The molecule has 0 radical (unpaired) electrons. The third-order valence-corrected chi connectivity index (χ3v) is 5.77. The van der Waals surface area contributed by atoms with E-state index in [1.807, 2.05) is 0 Å². The van der Waals surface area contributed by atoms with E-state index in [4.69, 9.17) is 9.98 Å². The molecule has 2 aromatic rings. The topological polar surface area (TPSA) is 24.7 Å². The van der Waals surface area contributed by atoms with Crippen molar-refractivity contribution in [2.75, 3.05) is 0 Å². The predicted molar refractivity (Wildman–Crippen MR) is 153 cm³/mol. The molecule has 0 amide bonds. The molecule has 184 valence electrons. The maximum atomic E-state index is 5.13. The van der Waals surface area contributed by atoms with Crippen LogP contribution in [0.1, 0.15) is 115 Å². The van der Waals surface area contributed by atoms with Crippen LogP contribution >= 0.6 is 28.2 Å². The van der Waals surface area contributed by atoms with Gasteiger partial charge in [-0.05, 0) is 59.8 Å².